The van der Waals surface area contributed by atoms with Gasteiger partial charge in [-0.25, -0.2) is 9.67 Å². The third-order valence-electron chi connectivity index (χ3n) is 2.37. The second-order valence-electron chi connectivity index (χ2n) is 3.76. The van der Waals surface area contributed by atoms with Crippen molar-refractivity contribution in [1.29, 1.82) is 0 Å². The third kappa shape index (κ3) is 3.14. The number of nitrogens with zero attached hydrogens (tertiary/aromatic N) is 3. The fourth-order valence-electron chi connectivity index (χ4n) is 1.60. The molecule has 17 heavy (non-hydrogen) atoms. The van der Waals surface area contributed by atoms with Crippen LogP contribution in [0, 0.1) is 0 Å². The van der Waals surface area contributed by atoms with Gasteiger partial charge in [-0.1, -0.05) is 6.92 Å². The Bertz CT molecular complexity index is 467. The van der Waals surface area contributed by atoms with Crippen molar-refractivity contribution in [3.8, 4) is 5.82 Å². The Hall–Kier alpha value is -1.20. The molecular weight excluding hydrogens is 280 g/mol. The van der Waals surface area contributed by atoms with Gasteiger partial charge in [-0.3, -0.25) is 0 Å². The molecular formula is C12H15BrN4. The number of pyridine rings is 1. The lowest BCUT2D eigenvalue weighted by atomic mass is 10.2. The van der Waals surface area contributed by atoms with E-state index in [-0.39, 0.29) is 0 Å². The van der Waals surface area contributed by atoms with E-state index in [1.165, 1.54) is 0 Å². The van der Waals surface area contributed by atoms with Crippen LogP contribution in [-0.2, 0) is 6.54 Å². The molecule has 0 unspecified atom stereocenters. The lowest BCUT2D eigenvalue weighted by Crippen LogP contribution is -2.16. The molecule has 2 heterocycles. The Kier molecular flexibility index (Phi) is 4.28. The maximum atomic E-state index is 4.41. The van der Waals surface area contributed by atoms with Crippen molar-refractivity contribution < 1.29 is 0 Å². The van der Waals surface area contributed by atoms with Crippen LogP contribution in [0.4, 0.5) is 0 Å². The Labute approximate surface area is 109 Å². The predicted octanol–water partition coefficient (Wildman–Crippen LogP) is 2.53. The molecule has 0 spiro atoms. The van der Waals surface area contributed by atoms with Crippen LogP contribution in [0.1, 0.15) is 18.9 Å². The minimum atomic E-state index is 0.801. The summed E-state index contributed by atoms with van der Waals surface area (Å²) >= 11 is 3.45. The zero-order valence-electron chi connectivity index (χ0n) is 9.73. The molecule has 0 aliphatic heterocycles. The smallest absolute Gasteiger partial charge is 0.157 e. The van der Waals surface area contributed by atoms with Crippen molar-refractivity contribution in [2.45, 2.75) is 19.9 Å². The SMILES string of the molecule is CCCNCc1cc(Br)cnc1-n1cccn1. The highest BCUT2D eigenvalue weighted by molar-refractivity contribution is 9.10. The van der Waals surface area contributed by atoms with E-state index < -0.39 is 0 Å². The number of nitrogens with one attached hydrogen (secondary N) is 1. The summed E-state index contributed by atoms with van der Waals surface area (Å²) in [6, 6.07) is 3.97. The fourth-order valence-corrected chi connectivity index (χ4v) is 1.98. The molecule has 0 saturated heterocycles. The van der Waals surface area contributed by atoms with E-state index in [4.69, 9.17) is 0 Å². The van der Waals surface area contributed by atoms with Gasteiger partial charge in [-0.05, 0) is 41.0 Å². The van der Waals surface area contributed by atoms with E-state index in [0.29, 0.717) is 0 Å². The molecule has 0 aliphatic rings. The fraction of sp³-hybridized carbons (Fsp3) is 0.333. The number of aromatic nitrogens is 3. The molecule has 0 saturated carbocycles. The quantitative estimate of drug-likeness (QED) is 0.862. The zero-order chi connectivity index (χ0) is 12.1. The molecule has 0 atom stereocenters. The Morgan fingerprint density at radius 2 is 2.35 bits per heavy atom. The summed E-state index contributed by atoms with van der Waals surface area (Å²) in [5.74, 6) is 0.877. The van der Waals surface area contributed by atoms with Crippen molar-refractivity contribution in [2.24, 2.45) is 0 Å². The largest absolute Gasteiger partial charge is 0.313 e. The first-order valence-electron chi connectivity index (χ1n) is 5.66. The van der Waals surface area contributed by atoms with E-state index in [1.54, 1.807) is 17.1 Å². The van der Waals surface area contributed by atoms with Gasteiger partial charge in [0.1, 0.15) is 0 Å². The minimum absolute atomic E-state index is 0.801. The summed E-state index contributed by atoms with van der Waals surface area (Å²) in [6.45, 7) is 3.96. The van der Waals surface area contributed by atoms with Gasteiger partial charge in [-0.2, -0.15) is 5.10 Å². The highest BCUT2D eigenvalue weighted by Crippen LogP contribution is 2.16. The van der Waals surface area contributed by atoms with Gasteiger partial charge in [0.05, 0.1) is 0 Å². The first kappa shape index (κ1) is 12.3. The Morgan fingerprint density at radius 3 is 3.06 bits per heavy atom. The summed E-state index contributed by atoms with van der Waals surface area (Å²) in [7, 11) is 0. The van der Waals surface area contributed by atoms with Crippen LogP contribution in [0.15, 0.2) is 35.2 Å². The van der Waals surface area contributed by atoms with Gasteiger partial charge < -0.3 is 5.32 Å². The predicted molar refractivity (Wildman–Crippen MR) is 71.1 cm³/mol. The van der Waals surface area contributed by atoms with Crippen LogP contribution in [0.5, 0.6) is 0 Å². The molecule has 2 aromatic rings. The number of hydrogen-bond donors (Lipinski definition) is 1. The van der Waals surface area contributed by atoms with E-state index >= 15 is 0 Å². The van der Waals surface area contributed by atoms with Gasteiger partial charge in [0.2, 0.25) is 0 Å². The van der Waals surface area contributed by atoms with Crippen molar-refractivity contribution in [1.82, 2.24) is 20.1 Å². The molecule has 4 nitrogen and oxygen atoms in total. The molecule has 0 fully saturated rings. The van der Waals surface area contributed by atoms with Crippen LogP contribution in [0.25, 0.3) is 5.82 Å². The van der Waals surface area contributed by atoms with Crippen molar-refractivity contribution in [3.05, 3.63) is 40.8 Å². The van der Waals surface area contributed by atoms with Gasteiger partial charge >= 0.3 is 0 Å². The summed E-state index contributed by atoms with van der Waals surface area (Å²) in [4.78, 5) is 4.41. The van der Waals surface area contributed by atoms with Crippen LogP contribution >= 0.6 is 15.9 Å². The summed E-state index contributed by atoms with van der Waals surface area (Å²) in [5, 5.41) is 7.60. The molecule has 0 bridgehead atoms. The molecule has 2 aromatic heterocycles. The molecule has 90 valence electrons. The van der Waals surface area contributed by atoms with Crippen molar-refractivity contribution in [3.63, 3.8) is 0 Å². The van der Waals surface area contributed by atoms with Crippen LogP contribution in [-0.4, -0.2) is 21.3 Å². The summed E-state index contributed by atoms with van der Waals surface area (Å²) in [6.07, 6.45) is 6.57. The van der Waals surface area contributed by atoms with Gasteiger partial charge in [0, 0.05) is 35.2 Å². The average molecular weight is 295 g/mol. The van der Waals surface area contributed by atoms with Crippen LogP contribution in [0.3, 0.4) is 0 Å². The highest BCUT2D eigenvalue weighted by Gasteiger charge is 2.06. The zero-order valence-corrected chi connectivity index (χ0v) is 11.3. The normalized spacial score (nSPS) is 10.7. The molecule has 0 radical (unpaired) electrons. The van der Waals surface area contributed by atoms with Gasteiger partial charge in [0.15, 0.2) is 5.82 Å². The standard InChI is InChI=1S/C12H15BrN4/c1-2-4-14-8-10-7-11(13)9-15-12(10)17-6-3-5-16-17/h3,5-7,9,14H,2,4,8H2,1H3. The first-order valence-corrected chi connectivity index (χ1v) is 6.45. The van der Waals surface area contributed by atoms with Gasteiger partial charge in [-0.15, -0.1) is 0 Å². The average Bonchev–Trinajstić information content (AvgIpc) is 2.83. The van der Waals surface area contributed by atoms with Crippen LogP contribution < -0.4 is 5.32 Å². The molecule has 0 aliphatic carbocycles. The van der Waals surface area contributed by atoms with Crippen molar-refractivity contribution in [2.75, 3.05) is 6.54 Å². The van der Waals surface area contributed by atoms with E-state index in [9.17, 15) is 0 Å². The first-order chi connectivity index (χ1) is 8.31. The second-order valence-corrected chi connectivity index (χ2v) is 4.68. The molecule has 1 N–H and O–H groups in total. The highest BCUT2D eigenvalue weighted by atomic mass is 79.9. The third-order valence-corrected chi connectivity index (χ3v) is 2.81. The Morgan fingerprint density at radius 1 is 1.47 bits per heavy atom. The van der Waals surface area contributed by atoms with E-state index in [1.807, 2.05) is 12.3 Å². The summed E-state index contributed by atoms with van der Waals surface area (Å²) < 4.78 is 2.77. The maximum Gasteiger partial charge on any atom is 0.157 e. The number of rotatable bonds is 5. The minimum Gasteiger partial charge on any atom is -0.313 e. The lowest BCUT2D eigenvalue weighted by molar-refractivity contribution is 0.666. The molecule has 0 amide bonds. The second kappa shape index (κ2) is 5.93. The van der Waals surface area contributed by atoms with Crippen LogP contribution in [0.2, 0.25) is 0 Å². The molecule has 0 aromatic carbocycles. The maximum absolute atomic E-state index is 4.41. The molecule has 2 rings (SSSR count). The van der Waals surface area contributed by atoms with E-state index in [0.717, 1.165) is 35.4 Å². The van der Waals surface area contributed by atoms with Gasteiger partial charge in [0.25, 0.3) is 0 Å². The summed E-state index contributed by atoms with van der Waals surface area (Å²) in [5.41, 5.74) is 1.14. The Balaban J connectivity index is 2.25. The lowest BCUT2D eigenvalue weighted by Gasteiger charge is -2.09. The monoisotopic (exact) mass is 294 g/mol. The topological polar surface area (TPSA) is 42.7 Å². The van der Waals surface area contributed by atoms with E-state index in [2.05, 4.69) is 44.3 Å². The van der Waals surface area contributed by atoms with Crippen molar-refractivity contribution >= 4 is 15.9 Å². The number of hydrogen-bond acceptors (Lipinski definition) is 3. The number of halogens is 1. The molecule has 5 heteroatoms.